The lowest BCUT2D eigenvalue weighted by atomic mass is 10.1. The molecule has 0 spiro atoms. The van der Waals surface area contributed by atoms with E-state index < -0.39 is 15.9 Å². The highest BCUT2D eigenvalue weighted by molar-refractivity contribution is 7.91. The highest BCUT2D eigenvalue weighted by atomic mass is 32.2. The van der Waals surface area contributed by atoms with Crippen LogP contribution in [0.3, 0.4) is 0 Å². The Hall–Kier alpha value is -0.910. The molecule has 17 heavy (non-hydrogen) atoms. The second-order valence-corrected chi connectivity index (χ2v) is 6.70. The first-order valence-corrected chi connectivity index (χ1v) is 7.49. The van der Waals surface area contributed by atoms with Crippen LogP contribution in [-0.4, -0.2) is 37.2 Å². The second-order valence-electron chi connectivity index (χ2n) is 4.55. The summed E-state index contributed by atoms with van der Waals surface area (Å²) < 4.78 is 22.7. The lowest BCUT2D eigenvalue weighted by Gasteiger charge is -2.21. The fraction of sp³-hybridized carbons (Fsp3) is 0.500. The molecule has 1 aliphatic heterocycles. The van der Waals surface area contributed by atoms with Crippen molar-refractivity contribution in [3.05, 3.63) is 35.9 Å². The molecule has 5 heteroatoms. The maximum atomic E-state index is 11.4. The van der Waals surface area contributed by atoms with E-state index in [1.54, 1.807) is 0 Å². The minimum absolute atomic E-state index is 0.0192. The largest absolute Gasteiger partial charge is 0.390 e. The molecule has 3 atom stereocenters. The molecule has 1 aliphatic rings. The molecule has 1 saturated heterocycles. The Bertz CT molecular complexity index is 472. The van der Waals surface area contributed by atoms with E-state index in [9.17, 15) is 13.5 Å². The summed E-state index contributed by atoms with van der Waals surface area (Å²) in [5.74, 6) is -0.114. The molecule has 4 nitrogen and oxygen atoms in total. The summed E-state index contributed by atoms with van der Waals surface area (Å²) in [4.78, 5) is 0. The third-order valence-corrected chi connectivity index (χ3v) is 4.80. The summed E-state index contributed by atoms with van der Waals surface area (Å²) in [5, 5.41) is 12.9. The standard InChI is InChI=1S/C12H17NO3S/c1-9(10-5-3-2-4-6-10)13-11-7-17(15,16)8-12(11)14/h2-6,9,11-14H,7-8H2,1H3/t9-,11?,12?/m1/s1. The molecule has 94 valence electrons. The van der Waals surface area contributed by atoms with Gasteiger partial charge in [-0.1, -0.05) is 30.3 Å². The van der Waals surface area contributed by atoms with Crippen molar-refractivity contribution in [3.8, 4) is 0 Å². The molecule has 2 unspecified atom stereocenters. The van der Waals surface area contributed by atoms with Gasteiger partial charge in [0.1, 0.15) is 0 Å². The highest BCUT2D eigenvalue weighted by Gasteiger charge is 2.36. The monoisotopic (exact) mass is 255 g/mol. The molecule has 1 heterocycles. The van der Waals surface area contributed by atoms with E-state index in [1.165, 1.54) is 0 Å². The fourth-order valence-electron chi connectivity index (χ4n) is 2.15. The number of hydrogen-bond acceptors (Lipinski definition) is 4. The smallest absolute Gasteiger partial charge is 0.154 e. The fourth-order valence-corrected chi connectivity index (χ4v) is 3.90. The summed E-state index contributed by atoms with van der Waals surface area (Å²) in [6, 6.07) is 9.44. The van der Waals surface area contributed by atoms with Gasteiger partial charge in [0.25, 0.3) is 0 Å². The molecule has 2 N–H and O–H groups in total. The molecule has 0 aromatic heterocycles. The number of aliphatic hydroxyl groups is 1. The molecule has 1 aromatic rings. The van der Waals surface area contributed by atoms with Gasteiger partial charge < -0.3 is 10.4 Å². The lowest BCUT2D eigenvalue weighted by molar-refractivity contribution is 0.160. The van der Waals surface area contributed by atoms with Gasteiger partial charge in [-0.25, -0.2) is 8.42 Å². The molecule has 0 saturated carbocycles. The van der Waals surface area contributed by atoms with E-state index in [2.05, 4.69) is 5.32 Å². The third kappa shape index (κ3) is 3.06. The third-order valence-electron chi connectivity index (χ3n) is 3.09. The van der Waals surface area contributed by atoms with E-state index in [-0.39, 0.29) is 23.6 Å². The summed E-state index contributed by atoms with van der Waals surface area (Å²) in [7, 11) is -3.08. The summed E-state index contributed by atoms with van der Waals surface area (Å²) in [5.41, 5.74) is 1.09. The van der Waals surface area contributed by atoms with Gasteiger partial charge in [-0.2, -0.15) is 0 Å². The number of hydrogen-bond donors (Lipinski definition) is 2. The zero-order valence-corrected chi connectivity index (χ0v) is 10.5. The van der Waals surface area contributed by atoms with Gasteiger partial charge in [0.2, 0.25) is 0 Å². The first-order chi connectivity index (χ1) is 7.98. The van der Waals surface area contributed by atoms with Crippen molar-refractivity contribution in [1.82, 2.24) is 5.32 Å². The van der Waals surface area contributed by atoms with Crippen LogP contribution < -0.4 is 5.32 Å². The first-order valence-electron chi connectivity index (χ1n) is 5.67. The Balaban J connectivity index is 2.03. The van der Waals surface area contributed by atoms with E-state index >= 15 is 0 Å². The molecule has 1 aromatic carbocycles. The molecular formula is C12H17NO3S. The molecule has 0 bridgehead atoms. The molecular weight excluding hydrogens is 238 g/mol. The maximum Gasteiger partial charge on any atom is 0.154 e. The van der Waals surface area contributed by atoms with Gasteiger partial charge in [-0.3, -0.25) is 0 Å². The average molecular weight is 255 g/mol. The van der Waals surface area contributed by atoms with Crippen LogP contribution in [0.1, 0.15) is 18.5 Å². The van der Waals surface area contributed by atoms with Crippen molar-refractivity contribution in [2.45, 2.75) is 25.1 Å². The van der Waals surface area contributed by atoms with Crippen LogP contribution in [0, 0.1) is 0 Å². The number of nitrogens with one attached hydrogen (secondary N) is 1. The predicted molar refractivity (Wildman–Crippen MR) is 66.4 cm³/mol. The Kier molecular flexibility index (Phi) is 3.51. The van der Waals surface area contributed by atoms with Crippen LogP contribution in [0.5, 0.6) is 0 Å². The Morgan fingerprint density at radius 3 is 2.47 bits per heavy atom. The Morgan fingerprint density at radius 1 is 1.29 bits per heavy atom. The minimum Gasteiger partial charge on any atom is -0.390 e. The minimum atomic E-state index is -3.08. The summed E-state index contributed by atoms with van der Waals surface area (Å²) in [6.45, 7) is 1.97. The van der Waals surface area contributed by atoms with Crippen molar-refractivity contribution in [2.24, 2.45) is 0 Å². The van der Waals surface area contributed by atoms with Gasteiger partial charge in [-0.05, 0) is 12.5 Å². The van der Waals surface area contributed by atoms with Crippen molar-refractivity contribution >= 4 is 9.84 Å². The Labute approximate surface area is 102 Å². The van der Waals surface area contributed by atoms with Gasteiger partial charge in [0.05, 0.1) is 17.6 Å². The summed E-state index contributed by atoms with van der Waals surface area (Å²) >= 11 is 0. The SMILES string of the molecule is C[C@@H](NC1CS(=O)(=O)CC1O)c1ccccc1. The van der Waals surface area contributed by atoms with Crippen molar-refractivity contribution in [3.63, 3.8) is 0 Å². The molecule has 0 aliphatic carbocycles. The Morgan fingerprint density at radius 2 is 1.94 bits per heavy atom. The van der Waals surface area contributed by atoms with Crippen molar-refractivity contribution in [1.29, 1.82) is 0 Å². The number of rotatable bonds is 3. The number of sulfone groups is 1. The second kappa shape index (κ2) is 4.76. The summed E-state index contributed by atoms with van der Waals surface area (Å²) in [6.07, 6.45) is -0.800. The van der Waals surface area contributed by atoms with E-state index in [4.69, 9.17) is 0 Å². The molecule has 1 fully saturated rings. The average Bonchev–Trinajstić information content (AvgIpc) is 2.53. The van der Waals surface area contributed by atoms with Gasteiger partial charge >= 0.3 is 0 Å². The van der Waals surface area contributed by atoms with Crippen LogP contribution in [0.2, 0.25) is 0 Å². The molecule has 0 amide bonds. The van der Waals surface area contributed by atoms with E-state index in [0.29, 0.717) is 0 Å². The van der Waals surface area contributed by atoms with Gasteiger partial charge in [0, 0.05) is 12.1 Å². The lowest BCUT2D eigenvalue weighted by Crippen LogP contribution is -2.40. The van der Waals surface area contributed by atoms with Crippen molar-refractivity contribution in [2.75, 3.05) is 11.5 Å². The van der Waals surface area contributed by atoms with Crippen LogP contribution in [0.4, 0.5) is 0 Å². The predicted octanol–water partition coefficient (Wildman–Crippen LogP) is 0.495. The van der Waals surface area contributed by atoms with E-state index in [1.807, 2.05) is 37.3 Å². The normalized spacial score (nSPS) is 29.1. The van der Waals surface area contributed by atoms with Crippen LogP contribution >= 0.6 is 0 Å². The van der Waals surface area contributed by atoms with Crippen LogP contribution in [-0.2, 0) is 9.84 Å². The van der Waals surface area contributed by atoms with Crippen molar-refractivity contribution < 1.29 is 13.5 Å². The molecule has 2 rings (SSSR count). The first kappa shape index (κ1) is 12.5. The van der Waals surface area contributed by atoms with Gasteiger partial charge in [-0.15, -0.1) is 0 Å². The molecule has 0 radical (unpaired) electrons. The zero-order valence-electron chi connectivity index (χ0n) is 9.70. The topological polar surface area (TPSA) is 66.4 Å². The maximum absolute atomic E-state index is 11.4. The van der Waals surface area contributed by atoms with Crippen LogP contribution in [0.15, 0.2) is 30.3 Å². The van der Waals surface area contributed by atoms with E-state index in [0.717, 1.165) is 5.56 Å². The van der Waals surface area contributed by atoms with Crippen LogP contribution in [0.25, 0.3) is 0 Å². The highest BCUT2D eigenvalue weighted by Crippen LogP contribution is 2.18. The number of aliphatic hydroxyl groups excluding tert-OH is 1. The number of benzene rings is 1. The zero-order chi connectivity index (χ0) is 12.5. The van der Waals surface area contributed by atoms with Gasteiger partial charge in [0.15, 0.2) is 9.84 Å². The quantitative estimate of drug-likeness (QED) is 0.825.